The number of nitrogens with zero attached hydrogens (tertiary/aromatic N) is 2. The van der Waals surface area contributed by atoms with Crippen molar-refractivity contribution in [3.05, 3.63) is 39.3 Å². The first-order valence-electron chi connectivity index (χ1n) is 5.03. The minimum atomic E-state index is -0.0500. The lowest BCUT2D eigenvalue weighted by Crippen LogP contribution is -2.10. The Balaban J connectivity index is 2.39. The molecule has 2 heterocycles. The third-order valence-corrected chi connectivity index (χ3v) is 3.34. The Bertz CT molecular complexity index is 490. The number of carbonyl (C=O) groups is 1. The maximum absolute atomic E-state index is 12.2. The monoisotopic (exact) mass is 254 g/mol. The van der Waals surface area contributed by atoms with Crippen LogP contribution in [0, 0.1) is 0 Å². The van der Waals surface area contributed by atoms with Crippen LogP contribution in [-0.4, -0.2) is 15.6 Å². The second-order valence-corrected chi connectivity index (χ2v) is 4.73. The summed E-state index contributed by atoms with van der Waals surface area (Å²) in [6, 6.07) is 3.65. The van der Waals surface area contributed by atoms with Crippen molar-refractivity contribution in [2.24, 2.45) is 0 Å². The zero-order valence-electron chi connectivity index (χ0n) is 8.81. The molecule has 2 aromatic heterocycles. The number of halogens is 1. The van der Waals surface area contributed by atoms with Crippen LogP contribution >= 0.6 is 22.9 Å². The van der Waals surface area contributed by atoms with Gasteiger partial charge in [-0.05, 0) is 17.9 Å². The van der Waals surface area contributed by atoms with Crippen molar-refractivity contribution in [1.82, 2.24) is 9.78 Å². The van der Waals surface area contributed by atoms with E-state index in [1.165, 1.54) is 17.5 Å². The van der Waals surface area contributed by atoms with E-state index in [-0.39, 0.29) is 5.78 Å². The van der Waals surface area contributed by atoms with E-state index in [2.05, 4.69) is 5.10 Å². The molecule has 0 radical (unpaired) electrons. The molecule has 0 aromatic carbocycles. The molecule has 84 valence electrons. The summed E-state index contributed by atoms with van der Waals surface area (Å²) in [6.45, 7) is 2.74. The normalized spacial score (nSPS) is 10.6. The zero-order valence-corrected chi connectivity index (χ0v) is 10.4. The maximum Gasteiger partial charge on any atom is 0.222 e. The highest BCUT2D eigenvalue weighted by molar-refractivity contribution is 7.12. The van der Waals surface area contributed by atoms with E-state index in [1.54, 1.807) is 10.7 Å². The molecule has 0 saturated carbocycles. The Morgan fingerprint density at radius 3 is 3.06 bits per heavy atom. The first-order chi connectivity index (χ1) is 7.74. The molecule has 0 fully saturated rings. The number of hydrogen-bond donors (Lipinski definition) is 0. The molecule has 0 saturated heterocycles. The van der Waals surface area contributed by atoms with Gasteiger partial charge in [-0.15, -0.1) is 11.3 Å². The summed E-state index contributed by atoms with van der Waals surface area (Å²) in [4.78, 5) is 12.8. The molecule has 0 N–H and O–H groups in total. The molecular weight excluding hydrogens is 244 g/mol. The molecule has 0 aliphatic heterocycles. The Morgan fingerprint density at radius 1 is 1.62 bits per heavy atom. The molecule has 16 heavy (non-hydrogen) atoms. The molecule has 0 aliphatic carbocycles. The van der Waals surface area contributed by atoms with Crippen molar-refractivity contribution in [3.63, 3.8) is 0 Å². The molecular formula is C11H11ClN2OS. The first-order valence-corrected chi connectivity index (χ1v) is 6.29. The van der Waals surface area contributed by atoms with Gasteiger partial charge >= 0.3 is 0 Å². The maximum atomic E-state index is 12.2. The minimum absolute atomic E-state index is 0.0500. The quantitative estimate of drug-likeness (QED) is 0.785. The standard InChI is InChI=1S/C11H11ClN2OS/c1-2-5-14-10(8(12)7-13-14)11(15)9-4-3-6-16-9/h3-4,6-7H,2,5H2,1H3. The lowest BCUT2D eigenvalue weighted by atomic mass is 10.2. The van der Waals surface area contributed by atoms with Gasteiger partial charge in [-0.25, -0.2) is 0 Å². The topological polar surface area (TPSA) is 34.9 Å². The van der Waals surface area contributed by atoms with Crippen molar-refractivity contribution in [3.8, 4) is 0 Å². The molecule has 0 aliphatic rings. The van der Waals surface area contributed by atoms with E-state index in [4.69, 9.17) is 11.6 Å². The van der Waals surface area contributed by atoms with Crippen LogP contribution in [0.3, 0.4) is 0 Å². The largest absolute Gasteiger partial charge is 0.286 e. The number of hydrogen-bond acceptors (Lipinski definition) is 3. The Labute approximate surface area is 103 Å². The van der Waals surface area contributed by atoms with Gasteiger partial charge in [-0.2, -0.15) is 5.10 Å². The van der Waals surface area contributed by atoms with Crippen molar-refractivity contribution < 1.29 is 4.79 Å². The van der Waals surface area contributed by atoms with E-state index >= 15 is 0 Å². The second kappa shape index (κ2) is 4.80. The predicted molar refractivity (Wildman–Crippen MR) is 65.3 cm³/mol. The summed E-state index contributed by atoms with van der Waals surface area (Å²) in [5.74, 6) is -0.0500. The van der Waals surface area contributed by atoms with Crippen molar-refractivity contribution >= 4 is 28.7 Å². The zero-order chi connectivity index (χ0) is 11.5. The molecule has 0 unspecified atom stereocenters. The van der Waals surface area contributed by atoms with Gasteiger partial charge < -0.3 is 0 Å². The lowest BCUT2D eigenvalue weighted by molar-refractivity contribution is 0.103. The highest BCUT2D eigenvalue weighted by atomic mass is 35.5. The molecule has 0 bridgehead atoms. The van der Waals surface area contributed by atoms with Crippen LogP contribution in [0.2, 0.25) is 5.02 Å². The van der Waals surface area contributed by atoms with Crippen LogP contribution in [0.4, 0.5) is 0 Å². The van der Waals surface area contributed by atoms with Crippen molar-refractivity contribution in [1.29, 1.82) is 0 Å². The number of ketones is 1. The summed E-state index contributed by atoms with van der Waals surface area (Å²) < 4.78 is 1.67. The van der Waals surface area contributed by atoms with Crippen molar-refractivity contribution in [2.45, 2.75) is 19.9 Å². The SMILES string of the molecule is CCCn1ncc(Cl)c1C(=O)c1cccs1. The average Bonchev–Trinajstić information content (AvgIpc) is 2.88. The molecule has 0 atom stereocenters. The number of aryl methyl sites for hydroxylation is 1. The molecule has 3 nitrogen and oxygen atoms in total. The van der Waals surface area contributed by atoms with E-state index in [0.717, 1.165) is 6.42 Å². The predicted octanol–water partition coefficient (Wildman–Crippen LogP) is 3.24. The fourth-order valence-corrected chi connectivity index (χ4v) is 2.39. The third kappa shape index (κ3) is 2.03. The summed E-state index contributed by atoms with van der Waals surface area (Å²) in [5, 5.41) is 6.40. The molecule has 2 aromatic rings. The van der Waals surface area contributed by atoms with Gasteiger partial charge in [-0.1, -0.05) is 24.6 Å². The number of thiophene rings is 1. The number of aromatic nitrogens is 2. The smallest absolute Gasteiger partial charge is 0.222 e. The lowest BCUT2D eigenvalue weighted by Gasteiger charge is -2.04. The van der Waals surface area contributed by atoms with Gasteiger partial charge in [0, 0.05) is 6.54 Å². The molecule has 5 heteroatoms. The van der Waals surface area contributed by atoms with Gasteiger partial charge in [-0.3, -0.25) is 9.48 Å². The van der Waals surface area contributed by atoms with E-state index in [1.807, 2.05) is 18.4 Å². The average molecular weight is 255 g/mol. The highest BCUT2D eigenvalue weighted by Crippen LogP contribution is 2.21. The fraction of sp³-hybridized carbons (Fsp3) is 0.273. The summed E-state index contributed by atoms with van der Waals surface area (Å²) in [7, 11) is 0. The summed E-state index contributed by atoms with van der Waals surface area (Å²) >= 11 is 7.41. The third-order valence-electron chi connectivity index (χ3n) is 2.19. The van der Waals surface area contributed by atoms with E-state index < -0.39 is 0 Å². The Kier molecular flexibility index (Phi) is 3.41. The van der Waals surface area contributed by atoms with Crippen LogP contribution in [0.5, 0.6) is 0 Å². The van der Waals surface area contributed by atoms with Gasteiger partial charge in [0.15, 0.2) is 0 Å². The first kappa shape index (κ1) is 11.4. The Hall–Kier alpha value is -1.13. The van der Waals surface area contributed by atoms with Crippen LogP contribution in [-0.2, 0) is 6.54 Å². The Morgan fingerprint density at radius 2 is 2.44 bits per heavy atom. The van der Waals surface area contributed by atoms with Gasteiger partial charge in [0.25, 0.3) is 0 Å². The molecule has 0 spiro atoms. The molecule has 2 rings (SSSR count). The van der Waals surface area contributed by atoms with Gasteiger partial charge in [0.05, 0.1) is 16.1 Å². The van der Waals surface area contributed by atoms with Gasteiger partial charge in [0.2, 0.25) is 5.78 Å². The number of carbonyl (C=O) groups excluding carboxylic acids is 1. The number of rotatable bonds is 4. The van der Waals surface area contributed by atoms with Crippen LogP contribution in [0.25, 0.3) is 0 Å². The minimum Gasteiger partial charge on any atom is -0.286 e. The van der Waals surface area contributed by atoms with Gasteiger partial charge in [0.1, 0.15) is 5.69 Å². The van der Waals surface area contributed by atoms with E-state index in [0.29, 0.717) is 22.1 Å². The highest BCUT2D eigenvalue weighted by Gasteiger charge is 2.19. The van der Waals surface area contributed by atoms with Crippen LogP contribution < -0.4 is 0 Å². The fourth-order valence-electron chi connectivity index (χ4n) is 1.49. The van der Waals surface area contributed by atoms with E-state index in [9.17, 15) is 4.79 Å². The second-order valence-electron chi connectivity index (χ2n) is 3.37. The molecule has 0 amide bonds. The van der Waals surface area contributed by atoms with Crippen LogP contribution in [0.1, 0.15) is 28.7 Å². The summed E-state index contributed by atoms with van der Waals surface area (Å²) in [5.41, 5.74) is 0.492. The van der Waals surface area contributed by atoms with Crippen LogP contribution in [0.15, 0.2) is 23.7 Å². The summed E-state index contributed by atoms with van der Waals surface area (Å²) in [6.07, 6.45) is 2.45. The van der Waals surface area contributed by atoms with Crippen molar-refractivity contribution in [2.75, 3.05) is 0 Å².